The van der Waals surface area contributed by atoms with E-state index in [1.54, 1.807) is 0 Å². The Morgan fingerprint density at radius 2 is 1.89 bits per heavy atom. The van der Waals surface area contributed by atoms with Gasteiger partial charge in [-0.15, -0.1) is 0 Å². The summed E-state index contributed by atoms with van der Waals surface area (Å²) >= 11 is 2.78. The van der Waals surface area contributed by atoms with Crippen molar-refractivity contribution in [3.8, 4) is 0 Å². The van der Waals surface area contributed by atoms with Crippen LogP contribution in [0.4, 0.5) is 13.2 Å². The Morgan fingerprint density at radius 3 is 2.37 bits per heavy atom. The van der Waals surface area contributed by atoms with Gasteiger partial charge in [-0.1, -0.05) is 15.9 Å². The summed E-state index contributed by atoms with van der Waals surface area (Å²) in [4.78, 5) is 22.7. The molecule has 3 nitrogen and oxygen atoms in total. The van der Waals surface area contributed by atoms with Gasteiger partial charge >= 0.3 is 6.18 Å². The molecule has 0 aliphatic heterocycles. The van der Waals surface area contributed by atoms with E-state index in [2.05, 4.69) is 21.2 Å². The molecule has 0 saturated heterocycles. The Labute approximate surface area is 116 Å². The molecule has 0 aliphatic carbocycles. The first-order chi connectivity index (χ1) is 8.62. The number of carbonyl (C=O) groups excluding carboxylic acids is 2. The average Bonchev–Trinajstić information content (AvgIpc) is 2.27. The van der Waals surface area contributed by atoms with Gasteiger partial charge in [0.2, 0.25) is 0 Å². The van der Waals surface area contributed by atoms with E-state index in [-0.39, 0.29) is 15.8 Å². The number of amides is 1. The molecule has 0 radical (unpaired) electrons. The van der Waals surface area contributed by atoms with Crippen molar-refractivity contribution in [1.82, 2.24) is 5.32 Å². The molecule has 1 atom stereocenters. The summed E-state index contributed by atoms with van der Waals surface area (Å²) in [6.45, 7) is 2.75. The molecule has 1 N–H and O–H groups in total. The standard InChI is InChI=1S/C12H11BrF3NO2/c1-6(7(2)18)17-11(19)8-3-4-10(13)9(5-8)12(14,15)16/h3-6H,1-2H3,(H,17,19). The molecule has 0 saturated carbocycles. The normalized spacial score (nSPS) is 12.9. The Balaban J connectivity index is 3.03. The zero-order valence-electron chi connectivity index (χ0n) is 10.1. The minimum Gasteiger partial charge on any atom is -0.343 e. The Hall–Kier alpha value is -1.37. The van der Waals surface area contributed by atoms with Crippen LogP contribution in [0.15, 0.2) is 22.7 Å². The second-order valence-electron chi connectivity index (χ2n) is 4.00. The lowest BCUT2D eigenvalue weighted by atomic mass is 10.1. The first-order valence-corrected chi connectivity index (χ1v) is 6.10. The van der Waals surface area contributed by atoms with Gasteiger partial charge < -0.3 is 5.32 Å². The van der Waals surface area contributed by atoms with E-state index in [0.717, 1.165) is 12.1 Å². The van der Waals surface area contributed by atoms with E-state index in [1.807, 2.05) is 0 Å². The molecule has 0 fully saturated rings. The number of benzene rings is 1. The van der Waals surface area contributed by atoms with Crippen LogP contribution in [0.25, 0.3) is 0 Å². The lowest BCUT2D eigenvalue weighted by Gasteiger charge is -2.13. The van der Waals surface area contributed by atoms with Crippen molar-refractivity contribution >= 4 is 27.6 Å². The van der Waals surface area contributed by atoms with Gasteiger partial charge in [-0.05, 0) is 32.0 Å². The number of ketones is 1. The molecule has 0 aromatic heterocycles. The van der Waals surface area contributed by atoms with Crippen LogP contribution in [-0.4, -0.2) is 17.7 Å². The third kappa shape index (κ3) is 4.05. The van der Waals surface area contributed by atoms with E-state index in [4.69, 9.17) is 0 Å². The summed E-state index contributed by atoms with van der Waals surface area (Å²) in [5.74, 6) is -0.998. The quantitative estimate of drug-likeness (QED) is 0.920. The van der Waals surface area contributed by atoms with E-state index in [0.29, 0.717) is 0 Å². The lowest BCUT2D eigenvalue weighted by Crippen LogP contribution is -2.37. The topological polar surface area (TPSA) is 46.2 Å². The Bertz CT molecular complexity index is 514. The van der Waals surface area contributed by atoms with Gasteiger partial charge in [0, 0.05) is 10.0 Å². The van der Waals surface area contributed by atoms with Crippen LogP contribution < -0.4 is 5.32 Å². The predicted octanol–water partition coefficient (Wildman–Crippen LogP) is 3.18. The third-order valence-electron chi connectivity index (χ3n) is 2.49. The first-order valence-electron chi connectivity index (χ1n) is 5.31. The number of alkyl halides is 3. The second-order valence-corrected chi connectivity index (χ2v) is 4.85. The number of hydrogen-bond acceptors (Lipinski definition) is 2. The molecule has 1 unspecified atom stereocenters. The summed E-state index contributed by atoms with van der Waals surface area (Å²) in [6.07, 6.45) is -4.55. The number of carbonyl (C=O) groups is 2. The largest absolute Gasteiger partial charge is 0.417 e. The van der Waals surface area contributed by atoms with Crippen molar-refractivity contribution in [2.45, 2.75) is 26.1 Å². The molecule has 7 heteroatoms. The van der Waals surface area contributed by atoms with Gasteiger partial charge in [0.25, 0.3) is 5.91 Å². The summed E-state index contributed by atoms with van der Waals surface area (Å²) in [5, 5.41) is 2.32. The number of nitrogens with one attached hydrogen (secondary N) is 1. The van der Waals surface area contributed by atoms with Crippen LogP contribution in [0.3, 0.4) is 0 Å². The minimum absolute atomic E-state index is 0.142. The van der Waals surface area contributed by atoms with Crippen molar-refractivity contribution in [3.05, 3.63) is 33.8 Å². The maximum Gasteiger partial charge on any atom is 0.417 e. The first kappa shape index (κ1) is 15.7. The number of rotatable bonds is 3. The highest BCUT2D eigenvalue weighted by molar-refractivity contribution is 9.10. The average molecular weight is 338 g/mol. The smallest absolute Gasteiger partial charge is 0.343 e. The molecule has 1 aromatic rings. The summed E-state index contributed by atoms with van der Waals surface area (Å²) < 4.78 is 37.9. The van der Waals surface area contributed by atoms with Gasteiger partial charge in [0.05, 0.1) is 11.6 Å². The fraction of sp³-hybridized carbons (Fsp3) is 0.333. The number of Topliss-reactive ketones (excluding diaryl/α,β-unsaturated/α-hetero) is 1. The van der Waals surface area contributed by atoms with Gasteiger partial charge in [0.15, 0.2) is 5.78 Å². The Morgan fingerprint density at radius 1 is 1.32 bits per heavy atom. The molecular formula is C12H11BrF3NO2. The van der Waals surface area contributed by atoms with Crippen molar-refractivity contribution in [2.24, 2.45) is 0 Å². The molecule has 0 aliphatic rings. The molecule has 0 bridgehead atoms. The van der Waals surface area contributed by atoms with Crippen molar-refractivity contribution < 1.29 is 22.8 Å². The summed E-state index contributed by atoms with van der Waals surface area (Å²) in [5.41, 5.74) is -1.08. The highest BCUT2D eigenvalue weighted by Crippen LogP contribution is 2.35. The van der Waals surface area contributed by atoms with Crippen molar-refractivity contribution in [3.63, 3.8) is 0 Å². The van der Waals surface area contributed by atoms with E-state index < -0.39 is 23.7 Å². The van der Waals surface area contributed by atoms with Crippen LogP contribution in [0.5, 0.6) is 0 Å². The second kappa shape index (κ2) is 5.73. The molecule has 0 spiro atoms. The molecule has 19 heavy (non-hydrogen) atoms. The molecule has 1 rings (SSSR count). The maximum atomic E-state index is 12.7. The van der Waals surface area contributed by atoms with Gasteiger partial charge in [-0.3, -0.25) is 9.59 Å². The van der Waals surface area contributed by atoms with Crippen LogP contribution >= 0.6 is 15.9 Å². The molecule has 104 valence electrons. The SMILES string of the molecule is CC(=O)C(C)NC(=O)c1ccc(Br)c(C(F)(F)F)c1. The van der Waals surface area contributed by atoms with Gasteiger partial charge in [-0.2, -0.15) is 13.2 Å². The number of halogens is 4. The summed E-state index contributed by atoms with van der Waals surface area (Å²) in [6, 6.07) is 2.40. The maximum absolute atomic E-state index is 12.7. The van der Waals surface area contributed by atoms with Crippen molar-refractivity contribution in [1.29, 1.82) is 0 Å². The highest BCUT2D eigenvalue weighted by Gasteiger charge is 2.33. The zero-order valence-corrected chi connectivity index (χ0v) is 11.7. The van der Waals surface area contributed by atoms with Crippen LogP contribution in [0.2, 0.25) is 0 Å². The Kier molecular flexibility index (Phi) is 4.73. The molecule has 1 amide bonds. The lowest BCUT2D eigenvalue weighted by molar-refractivity contribution is -0.138. The van der Waals surface area contributed by atoms with E-state index in [1.165, 1.54) is 19.9 Å². The highest BCUT2D eigenvalue weighted by atomic mass is 79.9. The minimum atomic E-state index is -4.55. The predicted molar refractivity (Wildman–Crippen MR) is 66.8 cm³/mol. The van der Waals surface area contributed by atoms with E-state index in [9.17, 15) is 22.8 Å². The zero-order chi connectivity index (χ0) is 14.8. The van der Waals surface area contributed by atoms with Crippen molar-refractivity contribution in [2.75, 3.05) is 0 Å². The van der Waals surface area contributed by atoms with Crippen LogP contribution in [0, 0.1) is 0 Å². The van der Waals surface area contributed by atoms with Crippen LogP contribution in [-0.2, 0) is 11.0 Å². The van der Waals surface area contributed by atoms with Gasteiger partial charge in [-0.25, -0.2) is 0 Å². The van der Waals surface area contributed by atoms with Crippen LogP contribution in [0.1, 0.15) is 29.8 Å². The molecule has 0 heterocycles. The number of hydrogen-bond donors (Lipinski definition) is 1. The molecule has 1 aromatic carbocycles. The fourth-order valence-corrected chi connectivity index (χ4v) is 1.74. The monoisotopic (exact) mass is 337 g/mol. The fourth-order valence-electron chi connectivity index (χ4n) is 1.27. The van der Waals surface area contributed by atoms with Gasteiger partial charge in [0.1, 0.15) is 0 Å². The molecular weight excluding hydrogens is 327 g/mol. The van der Waals surface area contributed by atoms with E-state index >= 15 is 0 Å². The third-order valence-corrected chi connectivity index (χ3v) is 3.18. The summed E-state index contributed by atoms with van der Waals surface area (Å²) in [7, 11) is 0.